The highest BCUT2D eigenvalue weighted by Gasteiger charge is 2.19. The second-order valence-electron chi connectivity index (χ2n) is 8.00. The van der Waals surface area contributed by atoms with E-state index in [0.29, 0.717) is 13.1 Å². The molecule has 2 amide bonds. The van der Waals surface area contributed by atoms with Crippen LogP contribution in [0.25, 0.3) is 0 Å². The van der Waals surface area contributed by atoms with Crippen LogP contribution in [0.5, 0.6) is 0 Å². The minimum Gasteiger partial charge on any atom is -0.351 e. The van der Waals surface area contributed by atoms with E-state index in [2.05, 4.69) is 10.6 Å². The third-order valence-electron chi connectivity index (χ3n) is 5.78. The summed E-state index contributed by atoms with van der Waals surface area (Å²) in [6.45, 7) is 4.98. The van der Waals surface area contributed by atoms with Gasteiger partial charge in [-0.2, -0.15) is 0 Å². The summed E-state index contributed by atoms with van der Waals surface area (Å²) < 4.78 is 0. The number of hydrogen-bond donors (Lipinski definition) is 2. The maximum atomic E-state index is 12.7. The lowest BCUT2D eigenvalue weighted by atomic mass is 9.95. The van der Waals surface area contributed by atoms with Crippen LogP contribution < -0.4 is 10.6 Å². The van der Waals surface area contributed by atoms with Crippen LogP contribution in [0.1, 0.15) is 60.8 Å². The van der Waals surface area contributed by atoms with Gasteiger partial charge >= 0.3 is 0 Å². The van der Waals surface area contributed by atoms with Crippen molar-refractivity contribution in [3.63, 3.8) is 0 Å². The van der Waals surface area contributed by atoms with E-state index < -0.39 is 0 Å². The van der Waals surface area contributed by atoms with Gasteiger partial charge in [-0.1, -0.05) is 98.8 Å². The Morgan fingerprint density at radius 2 is 1.03 bits per heavy atom. The molecule has 0 spiro atoms. The molecule has 0 aliphatic rings. The van der Waals surface area contributed by atoms with Gasteiger partial charge in [-0.15, -0.1) is 0 Å². The normalized spacial score (nSPS) is 12.6. The fraction of sp³-hybridized carbons (Fsp3) is 0.286. The first kappa shape index (κ1) is 23.3. The van der Waals surface area contributed by atoms with Crippen LogP contribution >= 0.6 is 0 Å². The van der Waals surface area contributed by atoms with E-state index in [1.165, 1.54) is 0 Å². The van der Waals surface area contributed by atoms with Crippen LogP contribution in [0.15, 0.2) is 84.9 Å². The summed E-state index contributed by atoms with van der Waals surface area (Å²) in [6.07, 6.45) is 1.50. The molecule has 0 saturated heterocycles. The highest BCUT2D eigenvalue weighted by atomic mass is 16.2. The molecule has 0 fully saturated rings. The van der Waals surface area contributed by atoms with Crippen molar-refractivity contribution >= 4 is 11.8 Å². The summed E-state index contributed by atoms with van der Waals surface area (Å²) in [7, 11) is 0. The Bertz CT molecular complexity index is 923. The molecule has 0 saturated carbocycles. The van der Waals surface area contributed by atoms with Gasteiger partial charge in [0.05, 0.1) is 11.8 Å². The third-order valence-corrected chi connectivity index (χ3v) is 5.78. The number of benzene rings is 3. The fourth-order valence-corrected chi connectivity index (χ4v) is 3.99. The molecule has 0 aliphatic carbocycles. The van der Waals surface area contributed by atoms with Crippen LogP contribution in [0.3, 0.4) is 0 Å². The van der Waals surface area contributed by atoms with Crippen LogP contribution in [-0.2, 0) is 22.7 Å². The lowest BCUT2D eigenvalue weighted by Gasteiger charge is -2.17. The number of rotatable bonds is 10. The number of amides is 2. The van der Waals surface area contributed by atoms with Gasteiger partial charge in [0.1, 0.15) is 0 Å². The van der Waals surface area contributed by atoms with E-state index in [9.17, 15) is 9.59 Å². The van der Waals surface area contributed by atoms with Crippen LogP contribution in [0, 0.1) is 0 Å². The first-order valence-corrected chi connectivity index (χ1v) is 11.4. The molecule has 4 heteroatoms. The van der Waals surface area contributed by atoms with Gasteiger partial charge in [0.25, 0.3) is 0 Å². The summed E-state index contributed by atoms with van der Waals surface area (Å²) in [5.74, 6) is -0.234. The first-order chi connectivity index (χ1) is 15.6. The molecule has 3 aromatic rings. The van der Waals surface area contributed by atoms with Gasteiger partial charge in [0.15, 0.2) is 0 Å². The maximum Gasteiger partial charge on any atom is 0.227 e. The topological polar surface area (TPSA) is 58.2 Å². The van der Waals surface area contributed by atoms with Gasteiger partial charge in [-0.05, 0) is 35.1 Å². The summed E-state index contributed by atoms with van der Waals surface area (Å²) >= 11 is 0. The Morgan fingerprint density at radius 3 is 1.41 bits per heavy atom. The molecule has 0 aromatic heterocycles. The lowest BCUT2D eigenvalue weighted by molar-refractivity contribution is -0.123. The van der Waals surface area contributed by atoms with Crippen molar-refractivity contribution in [3.8, 4) is 0 Å². The predicted molar refractivity (Wildman–Crippen MR) is 129 cm³/mol. The number of hydrogen-bond acceptors (Lipinski definition) is 2. The van der Waals surface area contributed by atoms with Crippen molar-refractivity contribution in [1.29, 1.82) is 0 Å². The van der Waals surface area contributed by atoms with Crippen molar-refractivity contribution < 1.29 is 9.59 Å². The zero-order valence-corrected chi connectivity index (χ0v) is 18.9. The van der Waals surface area contributed by atoms with Gasteiger partial charge in [0.2, 0.25) is 11.8 Å². The minimum absolute atomic E-state index is 0.0334. The van der Waals surface area contributed by atoms with Crippen LogP contribution in [-0.4, -0.2) is 11.8 Å². The van der Waals surface area contributed by atoms with Gasteiger partial charge < -0.3 is 10.6 Å². The highest BCUT2D eigenvalue weighted by molar-refractivity contribution is 5.84. The molecule has 3 aromatic carbocycles. The standard InChI is InChI=1S/C28H32N2O2/c1-3-25(23-14-7-5-8-15-23)27(31)29-19-21-12-11-13-22(18-21)20-30-28(32)26(4-2)24-16-9-6-10-17-24/h5-18,25-26H,3-4,19-20H2,1-2H3,(H,29,31)(H,30,32)/t25-,26+. The monoisotopic (exact) mass is 428 g/mol. The molecule has 4 nitrogen and oxygen atoms in total. The van der Waals surface area contributed by atoms with Crippen LogP contribution in [0.4, 0.5) is 0 Å². The Balaban J connectivity index is 1.56. The average Bonchev–Trinajstić information content (AvgIpc) is 2.84. The minimum atomic E-state index is -0.150. The molecule has 0 bridgehead atoms. The molecule has 0 unspecified atom stereocenters. The molecule has 2 N–H and O–H groups in total. The van der Waals surface area contributed by atoms with E-state index in [-0.39, 0.29) is 23.7 Å². The second-order valence-corrected chi connectivity index (χ2v) is 8.00. The Kier molecular flexibility index (Phi) is 8.61. The number of nitrogens with one attached hydrogen (secondary N) is 2. The summed E-state index contributed by atoms with van der Waals surface area (Å²) in [6, 6.07) is 27.7. The zero-order chi connectivity index (χ0) is 22.8. The van der Waals surface area contributed by atoms with Gasteiger partial charge in [0, 0.05) is 13.1 Å². The van der Waals surface area contributed by atoms with E-state index in [0.717, 1.165) is 35.1 Å². The van der Waals surface area contributed by atoms with Crippen molar-refractivity contribution in [3.05, 3.63) is 107 Å². The van der Waals surface area contributed by atoms with E-state index in [1.54, 1.807) is 0 Å². The Morgan fingerprint density at radius 1 is 0.625 bits per heavy atom. The largest absolute Gasteiger partial charge is 0.351 e. The van der Waals surface area contributed by atoms with E-state index in [1.807, 2.05) is 98.8 Å². The maximum absolute atomic E-state index is 12.7. The fourth-order valence-electron chi connectivity index (χ4n) is 3.99. The molecule has 32 heavy (non-hydrogen) atoms. The van der Waals surface area contributed by atoms with Crippen molar-refractivity contribution in [2.24, 2.45) is 0 Å². The van der Waals surface area contributed by atoms with E-state index in [4.69, 9.17) is 0 Å². The first-order valence-electron chi connectivity index (χ1n) is 11.4. The molecule has 0 heterocycles. The van der Waals surface area contributed by atoms with Gasteiger partial charge in [-0.25, -0.2) is 0 Å². The zero-order valence-electron chi connectivity index (χ0n) is 18.9. The molecule has 0 radical (unpaired) electrons. The van der Waals surface area contributed by atoms with Gasteiger partial charge in [-0.3, -0.25) is 9.59 Å². The van der Waals surface area contributed by atoms with Crippen molar-refractivity contribution in [2.45, 2.75) is 51.6 Å². The van der Waals surface area contributed by atoms with Crippen LogP contribution in [0.2, 0.25) is 0 Å². The quantitative estimate of drug-likeness (QED) is 0.460. The Labute approximate surface area is 191 Å². The second kappa shape index (κ2) is 11.8. The highest BCUT2D eigenvalue weighted by Crippen LogP contribution is 2.20. The Hall–Kier alpha value is -3.40. The van der Waals surface area contributed by atoms with Crippen molar-refractivity contribution in [1.82, 2.24) is 10.6 Å². The molecular weight excluding hydrogens is 396 g/mol. The SMILES string of the molecule is CC[C@H](C(=O)NCc1cccc(CNC(=O)[C@H](CC)c2ccccc2)c1)c1ccccc1. The molecule has 3 rings (SSSR count). The summed E-state index contributed by atoms with van der Waals surface area (Å²) in [5, 5.41) is 6.13. The molecular formula is C28H32N2O2. The molecule has 2 atom stereocenters. The number of carbonyl (C=O) groups is 2. The summed E-state index contributed by atoms with van der Waals surface area (Å²) in [4.78, 5) is 25.4. The smallest absolute Gasteiger partial charge is 0.227 e. The molecule has 0 aliphatic heterocycles. The number of carbonyl (C=O) groups excluding carboxylic acids is 2. The predicted octanol–water partition coefficient (Wildman–Crippen LogP) is 5.31. The van der Waals surface area contributed by atoms with Crippen molar-refractivity contribution in [2.75, 3.05) is 0 Å². The van der Waals surface area contributed by atoms with E-state index >= 15 is 0 Å². The summed E-state index contributed by atoms with van der Waals surface area (Å²) in [5.41, 5.74) is 4.10. The average molecular weight is 429 g/mol. The third kappa shape index (κ3) is 6.30. The molecule has 166 valence electrons. The lowest BCUT2D eigenvalue weighted by Crippen LogP contribution is -2.29.